The van der Waals surface area contributed by atoms with E-state index in [2.05, 4.69) is 14.9 Å². The molecule has 4 heterocycles. The lowest BCUT2D eigenvalue weighted by Gasteiger charge is -2.37. The number of hydrogen-bond donors (Lipinski definition) is 1. The Morgan fingerprint density at radius 3 is 2.57 bits per heavy atom. The molecule has 1 atom stereocenters. The molecular weight excluding hydrogens is 352 g/mol. The number of aromatic amines is 1. The molecule has 148 valence electrons. The van der Waals surface area contributed by atoms with Crippen LogP contribution in [-0.2, 0) is 11.2 Å². The van der Waals surface area contributed by atoms with Gasteiger partial charge in [-0.15, -0.1) is 0 Å². The first kappa shape index (κ1) is 18.9. The topological polar surface area (TPSA) is 69.3 Å². The Morgan fingerprint density at radius 1 is 1.14 bits per heavy atom. The second-order valence-electron chi connectivity index (χ2n) is 7.97. The maximum atomic E-state index is 13.4. The fourth-order valence-electron chi connectivity index (χ4n) is 4.48. The normalized spacial score (nSPS) is 19.6. The van der Waals surface area contributed by atoms with Gasteiger partial charge >= 0.3 is 0 Å². The van der Waals surface area contributed by atoms with Crippen molar-refractivity contribution < 1.29 is 4.79 Å². The van der Waals surface area contributed by atoms with Gasteiger partial charge in [-0.25, -0.2) is 0 Å². The molecule has 2 saturated heterocycles. The zero-order chi connectivity index (χ0) is 19.3. The Labute approximate surface area is 165 Å². The monoisotopic (exact) mass is 380 g/mol. The van der Waals surface area contributed by atoms with Crippen LogP contribution < -0.4 is 5.56 Å². The molecule has 0 spiro atoms. The highest BCUT2D eigenvalue weighted by Gasteiger charge is 2.34. The first-order valence-corrected chi connectivity index (χ1v) is 10.3. The van der Waals surface area contributed by atoms with Crippen LogP contribution in [-0.4, -0.2) is 51.9 Å². The number of carbonyl (C=O) groups excluding carboxylic acids is 1. The van der Waals surface area contributed by atoms with Gasteiger partial charge in [-0.3, -0.25) is 19.5 Å². The summed E-state index contributed by atoms with van der Waals surface area (Å²) in [6, 6.07) is 7.23. The lowest BCUT2D eigenvalue weighted by Crippen LogP contribution is -2.45. The summed E-state index contributed by atoms with van der Waals surface area (Å²) in [5.41, 5.74) is 2.10. The summed E-state index contributed by atoms with van der Waals surface area (Å²) in [4.78, 5) is 36.0. The minimum Gasteiger partial charge on any atom is -0.341 e. The minimum absolute atomic E-state index is 0.0625. The summed E-state index contributed by atoms with van der Waals surface area (Å²) in [7, 11) is 0. The highest BCUT2D eigenvalue weighted by molar-refractivity contribution is 5.83. The van der Waals surface area contributed by atoms with Gasteiger partial charge < -0.3 is 9.88 Å². The van der Waals surface area contributed by atoms with Crippen molar-refractivity contribution in [3.8, 4) is 0 Å². The van der Waals surface area contributed by atoms with Crippen molar-refractivity contribution in [1.29, 1.82) is 0 Å². The van der Waals surface area contributed by atoms with Crippen molar-refractivity contribution in [3.05, 3.63) is 64.3 Å². The van der Waals surface area contributed by atoms with E-state index in [9.17, 15) is 9.59 Å². The second-order valence-corrected chi connectivity index (χ2v) is 7.97. The number of nitrogens with zero attached hydrogens (tertiary/aromatic N) is 3. The molecule has 2 fully saturated rings. The molecule has 2 aromatic heterocycles. The van der Waals surface area contributed by atoms with Crippen molar-refractivity contribution >= 4 is 5.91 Å². The summed E-state index contributed by atoms with van der Waals surface area (Å²) in [5, 5.41) is 0. The number of likely N-dealkylation sites (tertiary alicyclic amines) is 2. The van der Waals surface area contributed by atoms with Crippen molar-refractivity contribution in [2.45, 2.75) is 38.1 Å². The van der Waals surface area contributed by atoms with Crippen LogP contribution in [0.25, 0.3) is 0 Å². The van der Waals surface area contributed by atoms with Crippen molar-refractivity contribution in [2.24, 2.45) is 5.92 Å². The molecule has 6 nitrogen and oxygen atoms in total. The molecule has 0 aromatic carbocycles. The molecule has 0 aliphatic carbocycles. The van der Waals surface area contributed by atoms with E-state index in [0.717, 1.165) is 69.4 Å². The van der Waals surface area contributed by atoms with Crippen LogP contribution in [0.5, 0.6) is 0 Å². The summed E-state index contributed by atoms with van der Waals surface area (Å²) in [6.07, 6.45) is 10.7. The number of nitrogens with one attached hydrogen (secondary N) is 1. The Balaban J connectivity index is 1.40. The van der Waals surface area contributed by atoms with E-state index in [-0.39, 0.29) is 17.5 Å². The fraction of sp³-hybridized carbons (Fsp3) is 0.500. The van der Waals surface area contributed by atoms with Gasteiger partial charge in [0.15, 0.2) is 0 Å². The van der Waals surface area contributed by atoms with Gasteiger partial charge in [0.1, 0.15) is 6.04 Å². The Morgan fingerprint density at radius 2 is 1.93 bits per heavy atom. The molecule has 2 aromatic rings. The Kier molecular flexibility index (Phi) is 5.86. The number of piperidine rings is 1. The molecule has 2 aliphatic rings. The molecule has 1 N–H and O–H groups in total. The van der Waals surface area contributed by atoms with Gasteiger partial charge in [0.2, 0.25) is 11.5 Å². The van der Waals surface area contributed by atoms with E-state index in [1.165, 1.54) is 0 Å². The summed E-state index contributed by atoms with van der Waals surface area (Å²) in [6.45, 7) is 3.57. The predicted molar refractivity (Wildman–Crippen MR) is 108 cm³/mol. The summed E-state index contributed by atoms with van der Waals surface area (Å²) >= 11 is 0. The van der Waals surface area contributed by atoms with E-state index in [1.54, 1.807) is 12.3 Å². The van der Waals surface area contributed by atoms with Crippen LogP contribution in [0.15, 0.2) is 47.7 Å². The third kappa shape index (κ3) is 4.33. The number of aromatic nitrogens is 2. The van der Waals surface area contributed by atoms with Gasteiger partial charge in [-0.2, -0.15) is 0 Å². The lowest BCUT2D eigenvalue weighted by molar-refractivity contribution is -0.138. The van der Waals surface area contributed by atoms with Crippen LogP contribution in [0.1, 0.15) is 42.9 Å². The minimum atomic E-state index is -0.202. The van der Waals surface area contributed by atoms with E-state index in [1.807, 2.05) is 35.5 Å². The van der Waals surface area contributed by atoms with E-state index >= 15 is 0 Å². The van der Waals surface area contributed by atoms with Gasteiger partial charge in [-0.1, -0.05) is 12.1 Å². The third-order valence-electron chi connectivity index (χ3n) is 6.04. The number of pyridine rings is 2. The maximum absolute atomic E-state index is 13.4. The first-order valence-electron chi connectivity index (χ1n) is 10.3. The molecule has 6 heteroatoms. The zero-order valence-electron chi connectivity index (χ0n) is 16.2. The summed E-state index contributed by atoms with van der Waals surface area (Å²) in [5.74, 6) is 0.774. The molecule has 0 bridgehead atoms. The highest BCUT2D eigenvalue weighted by atomic mass is 16.2. The number of hydrogen-bond acceptors (Lipinski definition) is 4. The standard InChI is InChI=1S/C22H28N4O2/c27-20-6-5-18(15-24-20)14-17-7-12-26(13-8-17)22(28)21(25-10-1-2-11-25)19-4-3-9-23-16-19/h3-6,9,15-17,21H,1-2,7-8,10-14H2,(H,24,27). The van der Waals surface area contributed by atoms with Crippen LogP contribution in [0.4, 0.5) is 0 Å². The zero-order valence-corrected chi connectivity index (χ0v) is 16.2. The molecule has 1 unspecified atom stereocenters. The van der Waals surface area contributed by atoms with Crippen molar-refractivity contribution in [3.63, 3.8) is 0 Å². The summed E-state index contributed by atoms with van der Waals surface area (Å²) < 4.78 is 0. The van der Waals surface area contributed by atoms with Gasteiger partial charge in [0, 0.05) is 37.7 Å². The average Bonchev–Trinajstić information content (AvgIpc) is 3.25. The Bertz CT molecular complexity index is 817. The highest BCUT2D eigenvalue weighted by Crippen LogP contribution is 2.29. The number of amides is 1. The average molecular weight is 380 g/mol. The van der Waals surface area contributed by atoms with Crippen LogP contribution in [0.2, 0.25) is 0 Å². The lowest BCUT2D eigenvalue weighted by atomic mass is 9.90. The van der Waals surface area contributed by atoms with Crippen LogP contribution >= 0.6 is 0 Å². The van der Waals surface area contributed by atoms with Gasteiger partial charge in [0.25, 0.3) is 0 Å². The maximum Gasteiger partial charge on any atom is 0.247 e. The van der Waals surface area contributed by atoms with Crippen molar-refractivity contribution in [2.75, 3.05) is 26.2 Å². The number of H-pyrrole nitrogens is 1. The molecule has 0 radical (unpaired) electrons. The van der Waals surface area contributed by atoms with Crippen LogP contribution in [0, 0.1) is 5.92 Å². The molecule has 0 saturated carbocycles. The smallest absolute Gasteiger partial charge is 0.247 e. The first-order chi connectivity index (χ1) is 13.7. The largest absolute Gasteiger partial charge is 0.341 e. The Hall–Kier alpha value is -2.47. The molecule has 4 rings (SSSR count). The van der Waals surface area contributed by atoms with Gasteiger partial charge in [-0.05, 0) is 68.3 Å². The van der Waals surface area contributed by atoms with E-state index < -0.39 is 0 Å². The van der Waals surface area contributed by atoms with Gasteiger partial charge in [0.05, 0.1) is 0 Å². The second kappa shape index (κ2) is 8.69. The van der Waals surface area contributed by atoms with Crippen LogP contribution in [0.3, 0.4) is 0 Å². The number of carbonyl (C=O) groups is 1. The van der Waals surface area contributed by atoms with Crippen molar-refractivity contribution in [1.82, 2.24) is 19.8 Å². The molecular formula is C22H28N4O2. The van der Waals surface area contributed by atoms with E-state index in [0.29, 0.717) is 5.92 Å². The molecule has 2 aliphatic heterocycles. The SMILES string of the molecule is O=C(C(c1cccnc1)N1CCCC1)N1CCC(Cc2ccc(=O)[nH]c2)CC1. The molecule has 28 heavy (non-hydrogen) atoms. The predicted octanol–water partition coefficient (Wildman–Crippen LogP) is 2.39. The quantitative estimate of drug-likeness (QED) is 0.865. The third-order valence-corrected chi connectivity index (χ3v) is 6.04. The fourth-order valence-corrected chi connectivity index (χ4v) is 4.48. The number of rotatable bonds is 5. The van der Waals surface area contributed by atoms with E-state index in [4.69, 9.17) is 0 Å². The molecule has 1 amide bonds.